The number of carbonyl (C=O) groups excluding carboxylic acids is 5. The molecule has 0 unspecified atom stereocenters. The number of aliphatic imine (C=N–C) groups is 1. The fraction of sp³-hybridized carbons (Fsp3) is 0.507. The first kappa shape index (κ1) is 73.8. The highest BCUT2D eigenvalue weighted by molar-refractivity contribution is 5.92. The third kappa shape index (κ3) is 17.4. The molecule has 0 aliphatic carbocycles. The number of esters is 4. The Hall–Kier alpha value is -7.70. The van der Waals surface area contributed by atoms with Crippen LogP contribution in [0.5, 0.6) is 23.0 Å². The van der Waals surface area contributed by atoms with Crippen LogP contribution in [-0.2, 0) is 112 Å². The summed E-state index contributed by atoms with van der Waals surface area (Å²) in [5, 5.41) is 45.3. The highest BCUT2D eigenvalue weighted by Gasteiger charge is 2.55. The lowest BCUT2D eigenvalue weighted by molar-refractivity contribution is -0.305. The van der Waals surface area contributed by atoms with Crippen molar-refractivity contribution in [1.82, 2.24) is 0 Å². The van der Waals surface area contributed by atoms with Gasteiger partial charge in [0, 0.05) is 70.2 Å². The van der Waals surface area contributed by atoms with Gasteiger partial charge in [-0.25, -0.2) is 24.0 Å². The standard InChI is InChI=1S/C75H101NO13/c1-42(37-46-29-33-50(78)58(71(17,18)19)54(46)67(5,6)7)62(82)86-66(87-63(83)43(2)38-47-30-34-51(79)59(72(20,21)22)55(47)68(8,9)10)75(76-41-77,88-64(84)44(3)39-48-31-35-52(80)60(73(23,24)25)56(48)69(11,12)13)89-65(85)45(4)40-49-32-36-53(81)61(74(26,27)28)57(49)70(14,15)16/h29-36,66,78-81H,1-4,37-40H2,5-28H3. The first-order chi connectivity index (χ1) is 40.1. The zero-order valence-corrected chi connectivity index (χ0v) is 57.8. The predicted molar refractivity (Wildman–Crippen MR) is 352 cm³/mol. The maximum absolute atomic E-state index is 15.1. The van der Waals surface area contributed by atoms with Crippen molar-refractivity contribution in [2.75, 3.05) is 0 Å². The molecule has 0 heterocycles. The molecule has 0 spiro atoms. The number of carbonyl (C=O) groups is 4. The number of ether oxygens (including phenoxy) is 4. The highest BCUT2D eigenvalue weighted by atomic mass is 16.8. The number of benzene rings is 4. The van der Waals surface area contributed by atoms with Gasteiger partial charge in [-0.3, -0.25) is 0 Å². The monoisotopic (exact) mass is 1220 g/mol. The molecule has 484 valence electrons. The average Bonchev–Trinajstić information content (AvgIpc) is 1.02. The van der Waals surface area contributed by atoms with Crippen molar-refractivity contribution in [1.29, 1.82) is 0 Å². The Bertz CT molecular complexity index is 3290. The molecule has 0 aliphatic rings. The molecule has 0 radical (unpaired) electrons. The minimum atomic E-state index is -3.58. The van der Waals surface area contributed by atoms with Gasteiger partial charge in [0.2, 0.25) is 6.08 Å². The van der Waals surface area contributed by atoms with Crippen LogP contribution in [0.15, 0.2) is 102 Å². The van der Waals surface area contributed by atoms with Crippen LogP contribution in [0.3, 0.4) is 0 Å². The summed E-state index contributed by atoms with van der Waals surface area (Å²) in [5.41, 5.74) is 1.57. The van der Waals surface area contributed by atoms with E-state index in [1.54, 1.807) is 24.3 Å². The highest BCUT2D eigenvalue weighted by Crippen LogP contribution is 2.47. The lowest BCUT2D eigenvalue weighted by Gasteiger charge is -2.35. The molecule has 4 rings (SSSR count). The summed E-state index contributed by atoms with van der Waals surface area (Å²) in [4.78, 5) is 77.3. The molecule has 0 aromatic heterocycles. The number of phenols is 4. The van der Waals surface area contributed by atoms with Crippen LogP contribution in [0.25, 0.3) is 0 Å². The smallest absolute Gasteiger partial charge is 0.449 e. The molecule has 4 aromatic rings. The third-order valence-electron chi connectivity index (χ3n) is 15.3. The van der Waals surface area contributed by atoms with Gasteiger partial charge in [0.15, 0.2) is 0 Å². The molecule has 0 atom stereocenters. The minimum Gasteiger partial charge on any atom is -0.508 e. The summed E-state index contributed by atoms with van der Waals surface area (Å²) in [6.45, 7) is 63.1. The van der Waals surface area contributed by atoms with Gasteiger partial charge in [0.1, 0.15) is 23.0 Å². The molecule has 89 heavy (non-hydrogen) atoms. The second-order valence-corrected chi connectivity index (χ2v) is 31.9. The molecule has 14 heteroatoms. The number of hydrogen-bond acceptors (Lipinski definition) is 14. The van der Waals surface area contributed by atoms with Crippen molar-refractivity contribution in [3.63, 3.8) is 0 Å². The third-order valence-corrected chi connectivity index (χ3v) is 15.3. The quantitative estimate of drug-likeness (QED) is 0.0240. The largest absolute Gasteiger partial charge is 0.508 e. The number of phenolic OH excluding ortho intramolecular Hbond substituents is 4. The van der Waals surface area contributed by atoms with Gasteiger partial charge in [-0.05, 0) is 112 Å². The van der Waals surface area contributed by atoms with Crippen LogP contribution >= 0.6 is 0 Å². The lowest BCUT2D eigenvalue weighted by atomic mass is 9.72. The van der Waals surface area contributed by atoms with E-state index in [4.69, 9.17) is 18.9 Å². The van der Waals surface area contributed by atoms with Gasteiger partial charge >= 0.3 is 36.1 Å². The maximum Gasteiger partial charge on any atom is 0.449 e. The van der Waals surface area contributed by atoms with Crippen molar-refractivity contribution in [2.45, 2.75) is 247 Å². The Morgan fingerprint density at radius 3 is 0.730 bits per heavy atom. The van der Waals surface area contributed by atoms with E-state index in [-0.39, 0.29) is 71.0 Å². The van der Waals surface area contributed by atoms with Gasteiger partial charge in [-0.2, -0.15) is 0 Å². The van der Waals surface area contributed by atoms with Gasteiger partial charge in [0.25, 0.3) is 0 Å². The van der Waals surface area contributed by atoms with Crippen molar-refractivity contribution in [3.8, 4) is 23.0 Å². The van der Waals surface area contributed by atoms with Gasteiger partial charge < -0.3 is 39.4 Å². The van der Waals surface area contributed by atoms with E-state index in [1.807, 2.05) is 166 Å². The summed E-state index contributed by atoms with van der Waals surface area (Å²) in [6.07, 6.45) is -2.42. The molecule has 14 nitrogen and oxygen atoms in total. The van der Waals surface area contributed by atoms with Crippen molar-refractivity contribution in [3.05, 3.63) is 164 Å². The molecule has 0 amide bonds. The van der Waals surface area contributed by atoms with Gasteiger partial charge in [-0.1, -0.05) is 217 Å². The maximum atomic E-state index is 15.1. The Morgan fingerprint density at radius 2 is 0.551 bits per heavy atom. The molecule has 4 aromatic carbocycles. The zero-order chi connectivity index (χ0) is 68.7. The van der Waals surface area contributed by atoms with E-state index in [2.05, 4.69) is 31.3 Å². The van der Waals surface area contributed by atoms with E-state index in [0.29, 0.717) is 66.8 Å². The molecular formula is C75H101NO13. The predicted octanol–water partition coefficient (Wildman–Crippen LogP) is 15.9. The summed E-state index contributed by atoms with van der Waals surface area (Å²) in [5.74, 6) is -8.76. The van der Waals surface area contributed by atoms with Crippen molar-refractivity contribution in [2.24, 2.45) is 4.99 Å². The molecule has 0 bridgehead atoms. The molecule has 4 N–H and O–H groups in total. The minimum absolute atomic E-state index is 0.0291. The van der Waals surface area contributed by atoms with Crippen LogP contribution < -0.4 is 0 Å². The van der Waals surface area contributed by atoms with Crippen LogP contribution in [0, 0.1) is 0 Å². The first-order valence-electron chi connectivity index (χ1n) is 30.2. The SMILES string of the molecule is C=C(Cc1ccc(O)c(C(C)(C)C)c1C(C)(C)C)C(=O)OC(OC(=O)C(=C)Cc1ccc(O)c(C(C)(C)C)c1C(C)(C)C)C(N=C=O)(OC(=O)C(=C)Cc1ccc(O)c(C(C)(C)C)c1C(C)(C)C)OC(=O)C(=C)Cc1ccc(O)c(C(C)(C)C)c1C(C)(C)C. The molecule has 0 saturated carbocycles. The van der Waals surface area contributed by atoms with Crippen molar-refractivity contribution < 1.29 is 63.3 Å². The summed E-state index contributed by atoms with van der Waals surface area (Å²) in [6, 6.07) is 12.6. The van der Waals surface area contributed by atoms with Crippen molar-refractivity contribution >= 4 is 30.0 Å². The molecule has 0 fully saturated rings. The zero-order valence-electron chi connectivity index (χ0n) is 57.8. The number of rotatable bonds is 18. The van der Waals surface area contributed by atoms with Crippen LogP contribution in [-0.4, -0.2) is 62.6 Å². The van der Waals surface area contributed by atoms with E-state index < -0.39 is 79.4 Å². The Labute approximate surface area is 530 Å². The summed E-state index contributed by atoms with van der Waals surface area (Å²) in [7, 11) is 0. The van der Waals surface area contributed by atoms with Crippen LogP contribution in [0.4, 0.5) is 0 Å². The average molecular weight is 1220 g/mol. The number of isocyanates is 1. The van der Waals surface area contributed by atoms with E-state index >= 15 is 19.2 Å². The number of aromatic hydroxyl groups is 4. The topological polar surface area (TPSA) is 216 Å². The van der Waals surface area contributed by atoms with Gasteiger partial charge in [-0.15, -0.1) is 4.99 Å². The van der Waals surface area contributed by atoms with E-state index in [9.17, 15) is 25.2 Å². The molecular weight excluding hydrogens is 1120 g/mol. The fourth-order valence-electron chi connectivity index (χ4n) is 12.0. The van der Waals surface area contributed by atoms with E-state index in [1.165, 1.54) is 30.3 Å². The first-order valence-corrected chi connectivity index (χ1v) is 30.2. The second kappa shape index (κ2) is 26.0. The lowest BCUT2D eigenvalue weighted by Crippen LogP contribution is -2.53. The Morgan fingerprint density at radius 1 is 0.360 bits per heavy atom. The molecule has 0 saturated heterocycles. The molecule has 0 aliphatic heterocycles. The van der Waals surface area contributed by atoms with E-state index in [0.717, 1.165) is 0 Å². The van der Waals surface area contributed by atoms with Crippen LogP contribution in [0.1, 0.15) is 233 Å². The fourth-order valence-corrected chi connectivity index (χ4v) is 12.0. The van der Waals surface area contributed by atoms with Crippen LogP contribution in [0.2, 0.25) is 0 Å². The Balaban J connectivity index is 2.09. The summed E-state index contributed by atoms with van der Waals surface area (Å²) >= 11 is 0. The normalized spacial score (nSPS) is 12.9. The second-order valence-electron chi connectivity index (χ2n) is 31.9. The van der Waals surface area contributed by atoms with Gasteiger partial charge in [0.05, 0.1) is 0 Å². The number of nitrogens with zero attached hydrogens (tertiary/aromatic N) is 1. The number of hydrogen-bond donors (Lipinski definition) is 4. The Kier molecular flexibility index (Phi) is 21.6. The summed E-state index contributed by atoms with van der Waals surface area (Å²) < 4.78 is 24.4.